The molecule has 0 spiro atoms. The van der Waals surface area contributed by atoms with Crippen LogP contribution in [0.15, 0.2) is 0 Å². The molecule has 21 heavy (non-hydrogen) atoms. The quantitative estimate of drug-likeness (QED) is 0.758. The first-order chi connectivity index (χ1) is 10.0. The molecule has 0 amide bonds. The predicted octanol–water partition coefficient (Wildman–Crippen LogP) is 2.56. The van der Waals surface area contributed by atoms with Crippen LogP contribution in [0.2, 0.25) is 0 Å². The Balaban J connectivity index is 2.97. The first kappa shape index (κ1) is 17.7. The largest absolute Gasteiger partial charge is 0.373 e. The Hall–Kier alpha value is -1.36. The summed E-state index contributed by atoms with van der Waals surface area (Å²) in [5, 5.41) is 3.20. The number of hydrogen-bond donors (Lipinski definition) is 1. The lowest BCUT2D eigenvalue weighted by molar-refractivity contribution is 0.400. The zero-order chi connectivity index (χ0) is 15.8. The second-order valence-corrected chi connectivity index (χ2v) is 5.67. The summed E-state index contributed by atoms with van der Waals surface area (Å²) in [5.74, 6) is 2.97. The molecule has 1 heterocycles. The van der Waals surface area contributed by atoms with E-state index in [9.17, 15) is 0 Å². The van der Waals surface area contributed by atoms with Gasteiger partial charge in [0.05, 0.1) is 0 Å². The lowest BCUT2D eigenvalue weighted by Gasteiger charge is -2.25. The minimum Gasteiger partial charge on any atom is -0.373 e. The van der Waals surface area contributed by atoms with Crippen molar-refractivity contribution in [2.45, 2.75) is 40.0 Å². The van der Waals surface area contributed by atoms with Crippen molar-refractivity contribution in [1.82, 2.24) is 14.9 Å². The predicted molar refractivity (Wildman–Crippen MR) is 91.4 cm³/mol. The maximum atomic E-state index is 4.80. The third kappa shape index (κ3) is 5.16. The van der Waals surface area contributed by atoms with Gasteiger partial charge in [0.1, 0.15) is 17.5 Å². The normalized spacial score (nSPS) is 11.0. The van der Waals surface area contributed by atoms with Crippen molar-refractivity contribution in [2.24, 2.45) is 0 Å². The van der Waals surface area contributed by atoms with E-state index in [1.54, 1.807) is 0 Å². The molecule has 0 aromatic carbocycles. The van der Waals surface area contributed by atoms with Crippen molar-refractivity contribution in [3.8, 4) is 0 Å². The number of nitrogens with zero attached hydrogens (tertiary/aromatic N) is 4. The van der Waals surface area contributed by atoms with Gasteiger partial charge in [-0.05, 0) is 47.3 Å². The molecule has 1 aromatic rings. The number of anilines is 2. The number of aryl methyl sites for hydroxylation is 1. The summed E-state index contributed by atoms with van der Waals surface area (Å²) in [4.78, 5) is 14.0. The molecule has 1 aromatic heterocycles. The van der Waals surface area contributed by atoms with E-state index in [-0.39, 0.29) is 0 Å². The first-order valence-electron chi connectivity index (χ1n) is 7.98. The highest BCUT2D eigenvalue weighted by Gasteiger charge is 2.15. The van der Waals surface area contributed by atoms with Crippen LogP contribution in [0.25, 0.3) is 0 Å². The van der Waals surface area contributed by atoms with Gasteiger partial charge in [-0.2, -0.15) is 0 Å². The zero-order valence-corrected chi connectivity index (χ0v) is 14.5. The van der Waals surface area contributed by atoms with Crippen molar-refractivity contribution in [3.63, 3.8) is 0 Å². The molecule has 0 radical (unpaired) electrons. The fourth-order valence-electron chi connectivity index (χ4n) is 2.43. The zero-order valence-electron chi connectivity index (χ0n) is 14.5. The molecule has 0 bridgehead atoms. The molecule has 120 valence electrons. The maximum absolute atomic E-state index is 4.80. The van der Waals surface area contributed by atoms with Crippen molar-refractivity contribution in [2.75, 3.05) is 51.0 Å². The van der Waals surface area contributed by atoms with Crippen molar-refractivity contribution < 1.29 is 0 Å². The lowest BCUT2D eigenvalue weighted by Crippen LogP contribution is -2.29. The van der Waals surface area contributed by atoms with E-state index in [1.807, 2.05) is 7.05 Å². The Labute approximate surface area is 129 Å². The highest BCUT2D eigenvalue weighted by atomic mass is 15.2. The molecule has 0 fully saturated rings. The van der Waals surface area contributed by atoms with Crippen LogP contribution in [0, 0.1) is 6.92 Å². The van der Waals surface area contributed by atoms with Crippen LogP contribution >= 0.6 is 0 Å². The van der Waals surface area contributed by atoms with Gasteiger partial charge in [0, 0.05) is 32.1 Å². The van der Waals surface area contributed by atoms with Gasteiger partial charge in [0.2, 0.25) is 0 Å². The van der Waals surface area contributed by atoms with Gasteiger partial charge >= 0.3 is 0 Å². The average molecular weight is 293 g/mol. The minimum atomic E-state index is 0.928. The fraction of sp³-hybridized carbons (Fsp3) is 0.750. The summed E-state index contributed by atoms with van der Waals surface area (Å²) in [5.41, 5.74) is 1.14. The summed E-state index contributed by atoms with van der Waals surface area (Å²) < 4.78 is 0. The lowest BCUT2D eigenvalue weighted by atomic mass is 10.2. The van der Waals surface area contributed by atoms with E-state index in [1.165, 1.54) is 0 Å². The van der Waals surface area contributed by atoms with Gasteiger partial charge in [0.15, 0.2) is 0 Å². The molecular weight excluding hydrogens is 262 g/mol. The van der Waals surface area contributed by atoms with Crippen LogP contribution in [0.4, 0.5) is 11.6 Å². The summed E-state index contributed by atoms with van der Waals surface area (Å²) >= 11 is 0. The summed E-state index contributed by atoms with van der Waals surface area (Å²) in [6.07, 6.45) is 3.14. The topological polar surface area (TPSA) is 44.3 Å². The highest BCUT2D eigenvalue weighted by Crippen LogP contribution is 2.24. The fourth-order valence-corrected chi connectivity index (χ4v) is 2.43. The Morgan fingerprint density at radius 2 is 1.81 bits per heavy atom. The van der Waals surface area contributed by atoms with Crippen LogP contribution in [-0.2, 0) is 6.42 Å². The van der Waals surface area contributed by atoms with Crippen molar-refractivity contribution in [1.29, 1.82) is 0 Å². The molecule has 0 aliphatic carbocycles. The molecule has 0 unspecified atom stereocenters. The van der Waals surface area contributed by atoms with E-state index in [0.717, 1.165) is 61.9 Å². The second kappa shape index (κ2) is 8.82. The monoisotopic (exact) mass is 293 g/mol. The van der Waals surface area contributed by atoms with Gasteiger partial charge in [-0.25, -0.2) is 9.97 Å². The van der Waals surface area contributed by atoms with Crippen LogP contribution in [0.5, 0.6) is 0 Å². The van der Waals surface area contributed by atoms with Crippen LogP contribution < -0.4 is 10.2 Å². The Bertz CT molecular complexity index is 431. The average Bonchev–Trinajstić information content (AvgIpc) is 2.45. The number of nitrogens with one attached hydrogen (secondary N) is 1. The molecular formula is C16H31N5. The number of rotatable bonds is 9. The van der Waals surface area contributed by atoms with E-state index in [0.29, 0.717) is 0 Å². The van der Waals surface area contributed by atoms with Gasteiger partial charge in [-0.15, -0.1) is 0 Å². The molecule has 0 saturated carbocycles. The van der Waals surface area contributed by atoms with Crippen LogP contribution in [0.1, 0.15) is 38.1 Å². The first-order valence-corrected chi connectivity index (χ1v) is 7.98. The maximum Gasteiger partial charge on any atom is 0.137 e. The molecule has 0 aliphatic heterocycles. The highest BCUT2D eigenvalue weighted by molar-refractivity contribution is 5.58. The second-order valence-electron chi connectivity index (χ2n) is 5.67. The molecule has 0 aliphatic rings. The van der Waals surface area contributed by atoms with Crippen molar-refractivity contribution >= 4 is 11.6 Å². The Morgan fingerprint density at radius 1 is 1.10 bits per heavy atom. The molecule has 5 nitrogen and oxygen atoms in total. The smallest absolute Gasteiger partial charge is 0.137 e. The summed E-state index contributed by atoms with van der Waals surface area (Å²) in [7, 11) is 6.16. The van der Waals surface area contributed by atoms with Gasteiger partial charge in [-0.1, -0.05) is 6.92 Å². The van der Waals surface area contributed by atoms with Gasteiger partial charge in [-0.3, -0.25) is 0 Å². The molecule has 1 N–H and O–H groups in total. The number of hydrogen-bond acceptors (Lipinski definition) is 5. The molecule has 0 saturated heterocycles. The molecule has 1 rings (SSSR count). The van der Waals surface area contributed by atoms with E-state index in [2.05, 4.69) is 55.0 Å². The Kier molecular flexibility index (Phi) is 7.43. The minimum absolute atomic E-state index is 0.928. The third-order valence-electron chi connectivity index (χ3n) is 3.59. The Morgan fingerprint density at radius 3 is 2.33 bits per heavy atom. The van der Waals surface area contributed by atoms with Gasteiger partial charge in [0.25, 0.3) is 0 Å². The molecule has 5 heteroatoms. The number of aromatic nitrogens is 2. The third-order valence-corrected chi connectivity index (χ3v) is 3.59. The molecule has 0 atom stereocenters. The SMILES string of the molecule is CCCc1nc(NC)c(C)c(N(CC)CCCN(C)C)n1. The van der Waals surface area contributed by atoms with E-state index < -0.39 is 0 Å². The van der Waals surface area contributed by atoms with E-state index >= 15 is 0 Å². The van der Waals surface area contributed by atoms with Crippen molar-refractivity contribution in [3.05, 3.63) is 11.4 Å². The standard InChI is InChI=1S/C16H31N5/c1-7-10-14-18-15(17-4)13(3)16(19-14)21(8-2)12-9-11-20(5)6/h7-12H2,1-6H3,(H,17,18,19). The van der Waals surface area contributed by atoms with Crippen LogP contribution in [0.3, 0.4) is 0 Å². The summed E-state index contributed by atoms with van der Waals surface area (Å²) in [6.45, 7) is 9.56. The summed E-state index contributed by atoms with van der Waals surface area (Å²) in [6, 6.07) is 0. The van der Waals surface area contributed by atoms with Gasteiger partial charge < -0.3 is 15.1 Å². The van der Waals surface area contributed by atoms with Crippen LogP contribution in [-0.4, -0.2) is 55.6 Å². The van der Waals surface area contributed by atoms with E-state index in [4.69, 9.17) is 4.98 Å².